The van der Waals surface area contributed by atoms with E-state index in [0.29, 0.717) is 38.0 Å². The Kier molecular flexibility index (Phi) is 18.8. The Balaban J connectivity index is 1.61. The number of allylic oxidation sites excluding steroid dienone is 7. The van der Waals surface area contributed by atoms with E-state index in [1.807, 2.05) is 45.1 Å². The second kappa shape index (κ2) is 22.8. The summed E-state index contributed by atoms with van der Waals surface area (Å²) in [6, 6.07) is -1.05. The van der Waals surface area contributed by atoms with Crippen molar-refractivity contribution in [3.05, 3.63) is 47.6 Å². The van der Waals surface area contributed by atoms with Gasteiger partial charge < -0.3 is 29.7 Å². The monoisotopic (exact) mass is 823 g/mol. The van der Waals surface area contributed by atoms with Crippen LogP contribution in [0.4, 0.5) is 0 Å². The highest BCUT2D eigenvalue weighted by atomic mass is 16.5. The summed E-state index contributed by atoms with van der Waals surface area (Å²) in [5, 5.41) is 36.3. The smallest absolute Gasteiger partial charge is 0.329 e. The van der Waals surface area contributed by atoms with Crippen molar-refractivity contribution < 1.29 is 44.0 Å². The van der Waals surface area contributed by atoms with Crippen LogP contribution in [-0.2, 0) is 28.7 Å². The lowest BCUT2D eigenvalue weighted by Crippen LogP contribution is -2.66. The molecule has 1 aliphatic carbocycles. The van der Waals surface area contributed by atoms with Crippen molar-refractivity contribution in [2.75, 3.05) is 13.7 Å². The topological polar surface area (TPSA) is 154 Å². The molecule has 1 saturated carbocycles. The van der Waals surface area contributed by atoms with Crippen LogP contribution in [0, 0.1) is 47.3 Å². The molecule has 3 aliphatic heterocycles. The summed E-state index contributed by atoms with van der Waals surface area (Å²) in [5.74, 6) is -7.45. The molecule has 10 nitrogen and oxygen atoms in total. The lowest BCUT2D eigenvalue weighted by atomic mass is 9.68. The maximum atomic E-state index is 14.0. The summed E-state index contributed by atoms with van der Waals surface area (Å²) >= 11 is 0. The fourth-order valence-corrected chi connectivity index (χ4v) is 10.1. The maximum Gasteiger partial charge on any atom is 0.329 e. The van der Waals surface area contributed by atoms with Crippen LogP contribution < -0.4 is 5.11 Å². The van der Waals surface area contributed by atoms with Crippen LogP contribution in [0.1, 0.15) is 145 Å². The summed E-state index contributed by atoms with van der Waals surface area (Å²) in [7, 11) is 1.73. The Morgan fingerprint density at radius 1 is 0.881 bits per heavy atom. The number of methoxy groups -OCH3 is 1. The van der Waals surface area contributed by atoms with Crippen LogP contribution in [0.25, 0.3) is 0 Å². The number of ether oxygens (including phenoxy) is 2. The highest BCUT2D eigenvalue weighted by molar-refractivity contribution is 6.38. The predicted molar refractivity (Wildman–Crippen MR) is 228 cm³/mol. The van der Waals surface area contributed by atoms with Gasteiger partial charge in [0.15, 0.2) is 0 Å². The van der Waals surface area contributed by atoms with Gasteiger partial charge in [0, 0.05) is 44.2 Å². The molecule has 0 aromatic carbocycles. The van der Waals surface area contributed by atoms with Gasteiger partial charge in [0.25, 0.3) is 5.91 Å². The fraction of sp³-hybridized carbons (Fsp3) is 0.755. The molecule has 10 heteroatoms. The Morgan fingerprint density at radius 3 is 2.36 bits per heavy atom. The van der Waals surface area contributed by atoms with E-state index >= 15 is 0 Å². The molecule has 7 unspecified atom stereocenters. The van der Waals surface area contributed by atoms with E-state index in [4.69, 9.17) is 9.47 Å². The lowest BCUT2D eigenvalue weighted by Gasteiger charge is -2.50. The highest BCUT2D eigenvalue weighted by Crippen LogP contribution is 2.45. The zero-order valence-corrected chi connectivity index (χ0v) is 37.4. The van der Waals surface area contributed by atoms with Crippen molar-refractivity contribution in [3.63, 3.8) is 0 Å². The van der Waals surface area contributed by atoms with Crippen molar-refractivity contribution in [2.45, 2.75) is 175 Å². The third kappa shape index (κ3) is 13.5. The molecule has 332 valence electrons. The van der Waals surface area contributed by atoms with Crippen molar-refractivity contribution in [1.82, 2.24) is 4.90 Å². The molecule has 4 rings (SSSR count). The van der Waals surface area contributed by atoms with Crippen LogP contribution in [0.3, 0.4) is 0 Å². The first-order valence-electron chi connectivity index (χ1n) is 22.9. The lowest BCUT2D eigenvalue weighted by molar-refractivity contribution is -0.536. The predicted octanol–water partition coefficient (Wildman–Crippen LogP) is 7.60. The second-order valence-corrected chi connectivity index (χ2v) is 19.1. The van der Waals surface area contributed by atoms with Crippen molar-refractivity contribution >= 4 is 23.4 Å². The van der Waals surface area contributed by atoms with Gasteiger partial charge in [0.1, 0.15) is 17.9 Å². The van der Waals surface area contributed by atoms with Crippen molar-refractivity contribution in [3.8, 4) is 0 Å². The molecule has 4 aliphatic rings. The second-order valence-electron chi connectivity index (χ2n) is 19.1. The largest absolute Gasteiger partial charge is 0.822 e. The number of hydrogen-bond acceptors (Lipinski definition) is 9. The number of aliphatic hydroxyl groups is 2. The van der Waals surface area contributed by atoms with Crippen molar-refractivity contribution in [1.29, 1.82) is 0 Å². The fourth-order valence-electron chi connectivity index (χ4n) is 10.1. The Bertz CT molecular complexity index is 1540. The molecule has 3 fully saturated rings. The summed E-state index contributed by atoms with van der Waals surface area (Å²) < 4.78 is 12.0. The normalized spacial score (nSPS) is 41.4. The van der Waals surface area contributed by atoms with E-state index < -0.39 is 47.6 Å². The van der Waals surface area contributed by atoms with E-state index in [9.17, 15) is 34.5 Å². The van der Waals surface area contributed by atoms with Gasteiger partial charge in [-0.1, -0.05) is 108 Å². The van der Waals surface area contributed by atoms with Crippen LogP contribution in [0.15, 0.2) is 47.6 Å². The average Bonchev–Trinajstić information content (AvgIpc) is 3.20. The van der Waals surface area contributed by atoms with Gasteiger partial charge in [-0.3, -0.25) is 14.4 Å². The Hall–Kier alpha value is -2.92. The first-order chi connectivity index (χ1) is 27.9. The molecular formula is C49H76NO9-. The van der Waals surface area contributed by atoms with Crippen LogP contribution in [0.2, 0.25) is 0 Å². The third-order valence-electron chi connectivity index (χ3n) is 14.3. The summed E-state index contributed by atoms with van der Waals surface area (Å²) in [6.45, 7) is 13.8. The zero-order valence-electron chi connectivity index (χ0n) is 37.4. The number of rotatable bonds is 3. The first-order valence-corrected chi connectivity index (χ1v) is 22.9. The quantitative estimate of drug-likeness (QED) is 0.127. The minimum atomic E-state index is -3.12. The number of amides is 1. The number of nitrogens with zero attached hydrogens (tertiary/aromatic N) is 1. The minimum absolute atomic E-state index is 0.00248. The molecular weight excluding hydrogens is 747 g/mol. The maximum absolute atomic E-state index is 14.0. The number of Topliss-reactive ketones (excluding diaryl/α,β-unsaturated/α-hetero) is 2. The highest BCUT2D eigenvalue weighted by Gasteiger charge is 2.53. The zero-order chi connectivity index (χ0) is 43.4. The Labute approximate surface area is 354 Å². The molecule has 3 heterocycles. The third-order valence-corrected chi connectivity index (χ3v) is 14.3. The van der Waals surface area contributed by atoms with E-state index in [0.717, 1.165) is 56.9 Å². The number of carbonyl (C=O) groups is 4. The van der Waals surface area contributed by atoms with Crippen molar-refractivity contribution in [2.24, 2.45) is 47.3 Å². The molecule has 13 atom stereocenters. The van der Waals surface area contributed by atoms with E-state index in [2.05, 4.69) is 32.9 Å². The van der Waals surface area contributed by atoms with Gasteiger partial charge in [0.2, 0.25) is 5.78 Å². The molecule has 59 heavy (non-hydrogen) atoms. The van der Waals surface area contributed by atoms with E-state index in [1.54, 1.807) is 7.11 Å². The van der Waals surface area contributed by atoms with Gasteiger partial charge in [0.05, 0.1) is 18.0 Å². The van der Waals surface area contributed by atoms with Gasteiger partial charge in [-0.25, -0.2) is 4.79 Å². The van der Waals surface area contributed by atoms with Crippen LogP contribution >= 0.6 is 0 Å². The molecule has 2 bridgehead atoms. The summed E-state index contributed by atoms with van der Waals surface area (Å²) in [4.78, 5) is 56.1. The number of piperidine rings is 1. The molecule has 1 amide bonds. The number of hydrogen-bond donors (Lipinski definition) is 2. The van der Waals surface area contributed by atoms with Gasteiger partial charge in [-0.15, -0.1) is 0 Å². The van der Waals surface area contributed by atoms with Crippen LogP contribution in [-0.4, -0.2) is 82.4 Å². The number of carbonyl (C=O) groups excluding carboxylic acids is 4. The number of fused-ring (bicyclic) bond motifs is 2. The number of aliphatic hydroxyl groups excluding tert-OH is 1. The van der Waals surface area contributed by atoms with Gasteiger partial charge in [-0.2, -0.15) is 0 Å². The summed E-state index contributed by atoms with van der Waals surface area (Å²) in [6.07, 6.45) is 21.5. The van der Waals surface area contributed by atoms with E-state index in [-0.39, 0.29) is 66.8 Å². The standard InChI is InChI=1S/C49H76NO9/c1-31-17-11-9-13-19-32(2)25-35(5)42(51)27-34(4)33(3)26-36(6)43(52)30-44-41(29-38-21-15-22-39(28-38)58-8)40-23-16-24-50(45(40)48(55)59-44)47(54)46(53)49(56,57)37(7)20-14-10-12-18-31/h9,11,13,17,19,26,32,34-41,43-45,52,56H,10,12,14-16,18,20-25,27-30H2,1-8H3/q-1/b11-9+,19-13+,31-17+,33-26+/t32-,34?,35?,36-,37?,38-,39?,40?,41+,43?,44+,45+,49?/m1/s1. The minimum Gasteiger partial charge on any atom is -0.822 e. The van der Waals surface area contributed by atoms with Crippen LogP contribution in [0.5, 0.6) is 0 Å². The van der Waals surface area contributed by atoms with Gasteiger partial charge in [-0.05, 0) is 101 Å². The summed E-state index contributed by atoms with van der Waals surface area (Å²) in [5.41, 5.74) is 2.24. The molecule has 0 aromatic rings. The Morgan fingerprint density at radius 2 is 1.63 bits per heavy atom. The average molecular weight is 823 g/mol. The molecule has 0 aromatic heterocycles. The number of ketones is 2. The molecule has 2 saturated heterocycles. The van der Waals surface area contributed by atoms with Gasteiger partial charge >= 0.3 is 5.97 Å². The van der Waals surface area contributed by atoms with E-state index in [1.165, 1.54) is 17.4 Å². The number of esters is 1. The molecule has 0 spiro atoms. The molecule has 0 radical (unpaired) electrons. The molecule has 2 N–H and O–H groups in total. The SMILES string of the molecule is COC1CCC[C@@H](C[C@H]2C3CCCN4C(=O)C(=O)C([O-])(O)C(C)CCCCC/C(C)=C/C=C/C=C/[C@@H](C)CC(C)C(=O)CC(C)/C(C)=C/[C@@H](C)C(O)C[C@@H]2OC(=O)[C@H]34)C1. The first kappa shape index (κ1) is 48.7.